The molecule has 0 N–H and O–H groups in total. The highest BCUT2D eigenvalue weighted by atomic mass is 35.5. The fourth-order valence-electron chi connectivity index (χ4n) is 1.98. The van der Waals surface area contributed by atoms with Crippen LogP contribution in [0.25, 0.3) is 17.2 Å². The minimum atomic E-state index is 0.453. The van der Waals surface area contributed by atoms with Gasteiger partial charge in [0.1, 0.15) is 12.1 Å². The molecule has 0 radical (unpaired) electrons. The summed E-state index contributed by atoms with van der Waals surface area (Å²) in [5.41, 5.74) is 0.764. The molecular weight excluding hydrogens is 322 g/mol. The summed E-state index contributed by atoms with van der Waals surface area (Å²) in [7, 11) is 1.81. The molecule has 2 heterocycles. The molecule has 0 aliphatic heterocycles. The van der Waals surface area contributed by atoms with E-state index in [1.165, 1.54) is 4.52 Å². The summed E-state index contributed by atoms with van der Waals surface area (Å²) in [6.45, 7) is 2.64. The van der Waals surface area contributed by atoms with Gasteiger partial charge in [-0.05, 0) is 36.8 Å². The van der Waals surface area contributed by atoms with Crippen molar-refractivity contribution in [3.8, 4) is 17.1 Å². The van der Waals surface area contributed by atoms with Crippen molar-refractivity contribution < 1.29 is 4.74 Å². The number of halogens is 1. The van der Waals surface area contributed by atoms with E-state index >= 15 is 0 Å². The summed E-state index contributed by atoms with van der Waals surface area (Å²) >= 11 is 11.4. The van der Waals surface area contributed by atoms with Crippen LogP contribution in [0, 0.1) is 4.77 Å². The third-order valence-corrected chi connectivity index (χ3v) is 3.76. The Balaban J connectivity index is 2.15. The lowest BCUT2D eigenvalue weighted by molar-refractivity contribution is 0.318. The van der Waals surface area contributed by atoms with Crippen molar-refractivity contribution in [1.29, 1.82) is 0 Å². The lowest BCUT2D eigenvalue weighted by Gasteiger charge is -2.08. The summed E-state index contributed by atoms with van der Waals surface area (Å²) in [4.78, 5) is 8.64. The molecule has 3 aromatic rings. The fraction of sp³-hybridized carbons (Fsp3) is 0.286. The molecule has 0 aliphatic carbocycles. The first kappa shape index (κ1) is 14.9. The zero-order valence-corrected chi connectivity index (χ0v) is 13.7. The predicted molar refractivity (Wildman–Crippen MR) is 86.8 cm³/mol. The first-order valence-electron chi connectivity index (χ1n) is 6.81. The third-order valence-electron chi connectivity index (χ3n) is 3.07. The molecule has 1 aromatic carbocycles. The molecule has 114 valence electrons. The Bertz CT molecular complexity index is 889. The van der Waals surface area contributed by atoms with Gasteiger partial charge in [-0.2, -0.15) is 9.50 Å². The van der Waals surface area contributed by atoms with Crippen LogP contribution in [0.2, 0.25) is 5.02 Å². The van der Waals surface area contributed by atoms with Gasteiger partial charge in [-0.1, -0.05) is 18.5 Å². The van der Waals surface area contributed by atoms with Gasteiger partial charge in [0.15, 0.2) is 5.82 Å². The van der Waals surface area contributed by atoms with Crippen molar-refractivity contribution in [2.24, 2.45) is 7.05 Å². The van der Waals surface area contributed by atoms with E-state index in [-0.39, 0.29) is 0 Å². The van der Waals surface area contributed by atoms with Crippen molar-refractivity contribution in [2.75, 3.05) is 6.61 Å². The molecule has 8 heteroatoms. The van der Waals surface area contributed by atoms with Crippen LogP contribution in [0.5, 0.6) is 5.75 Å². The molecule has 0 saturated heterocycles. The van der Waals surface area contributed by atoms with Gasteiger partial charge in [-0.25, -0.2) is 4.98 Å². The topological polar surface area (TPSA) is 57.2 Å². The van der Waals surface area contributed by atoms with Gasteiger partial charge < -0.3 is 9.30 Å². The van der Waals surface area contributed by atoms with Crippen LogP contribution < -0.4 is 4.74 Å². The number of fused-ring (bicyclic) bond motifs is 1. The molecular formula is C14H14ClN5OS. The van der Waals surface area contributed by atoms with Gasteiger partial charge in [-0.15, -0.1) is 5.10 Å². The van der Waals surface area contributed by atoms with E-state index in [9.17, 15) is 0 Å². The lowest BCUT2D eigenvalue weighted by Crippen LogP contribution is -2.02. The second kappa shape index (κ2) is 6.02. The molecule has 22 heavy (non-hydrogen) atoms. The molecule has 0 amide bonds. The Kier molecular flexibility index (Phi) is 4.08. The van der Waals surface area contributed by atoms with Gasteiger partial charge in [0.2, 0.25) is 4.77 Å². The highest BCUT2D eigenvalue weighted by Crippen LogP contribution is 2.31. The van der Waals surface area contributed by atoms with E-state index in [1.807, 2.05) is 20.0 Å². The van der Waals surface area contributed by atoms with Gasteiger partial charge in [0, 0.05) is 12.1 Å². The van der Waals surface area contributed by atoms with Crippen molar-refractivity contribution in [2.45, 2.75) is 13.3 Å². The summed E-state index contributed by atoms with van der Waals surface area (Å²) in [5, 5.41) is 5.04. The molecule has 0 atom stereocenters. The van der Waals surface area contributed by atoms with Crippen LogP contribution in [-0.2, 0) is 7.05 Å². The van der Waals surface area contributed by atoms with Crippen LogP contribution in [-0.4, -0.2) is 30.8 Å². The molecule has 0 spiro atoms. The van der Waals surface area contributed by atoms with Crippen molar-refractivity contribution >= 4 is 29.6 Å². The number of ether oxygens (including phenoxy) is 1. The first-order valence-corrected chi connectivity index (χ1v) is 7.60. The zero-order chi connectivity index (χ0) is 15.7. The summed E-state index contributed by atoms with van der Waals surface area (Å²) in [6.07, 6.45) is 2.52. The smallest absolute Gasteiger partial charge is 0.256 e. The Morgan fingerprint density at radius 3 is 2.95 bits per heavy atom. The molecule has 0 bridgehead atoms. The first-order chi connectivity index (χ1) is 10.6. The van der Waals surface area contributed by atoms with Crippen molar-refractivity contribution in [1.82, 2.24) is 24.1 Å². The number of nitrogens with zero attached hydrogens (tertiary/aromatic N) is 5. The highest BCUT2D eigenvalue weighted by Gasteiger charge is 2.14. The Morgan fingerprint density at radius 1 is 1.36 bits per heavy atom. The molecule has 2 aromatic heterocycles. The van der Waals surface area contributed by atoms with Crippen LogP contribution in [0.15, 0.2) is 24.5 Å². The zero-order valence-electron chi connectivity index (χ0n) is 12.2. The van der Waals surface area contributed by atoms with E-state index in [0.717, 1.165) is 12.0 Å². The number of hydrogen-bond acceptors (Lipinski definition) is 5. The minimum absolute atomic E-state index is 0.453. The van der Waals surface area contributed by atoms with E-state index in [0.29, 0.717) is 33.8 Å². The Labute approximate surface area is 137 Å². The van der Waals surface area contributed by atoms with Crippen LogP contribution in [0.4, 0.5) is 0 Å². The molecule has 0 fully saturated rings. The van der Waals surface area contributed by atoms with Crippen molar-refractivity contribution in [3.05, 3.63) is 34.3 Å². The molecule has 3 rings (SSSR count). The van der Waals surface area contributed by atoms with Gasteiger partial charge >= 0.3 is 0 Å². The van der Waals surface area contributed by atoms with E-state index in [4.69, 9.17) is 28.6 Å². The summed E-state index contributed by atoms with van der Waals surface area (Å²) in [5.74, 6) is 1.61. The maximum Gasteiger partial charge on any atom is 0.256 e. The van der Waals surface area contributed by atoms with Gasteiger partial charge in [-0.3, -0.25) is 0 Å². The number of benzene rings is 1. The molecule has 6 nitrogen and oxygen atoms in total. The van der Waals surface area contributed by atoms with Gasteiger partial charge in [0.25, 0.3) is 5.78 Å². The van der Waals surface area contributed by atoms with Crippen LogP contribution in [0.3, 0.4) is 0 Å². The second-order valence-corrected chi connectivity index (χ2v) is 5.58. The lowest BCUT2D eigenvalue weighted by atomic mass is 10.2. The van der Waals surface area contributed by atoms with E-state index < -0.39 is 0 Å². The Hall–Kier alpha value is -1.99. The number of aryl methyl sites for hydroxylation is 1. The predicted octanol–water partition coefficient (Wildman–Crippen LogP) is 3.30. The number of hydrogen-bond donors (Lipinski definition) is 0. The average molecular weight is 336 g/mol. The monoisotopic (exact) mass is 335 g/mol. The molecule has 0 aliphatic rings. The SMILES string of the molecule is CCCOc1cc(Cl)ccc1-c1nc2ncn(C)c(=S)n2n1. The van der Waals surface area contributed by atoms with Crippen LogP contribution in [0.1, 0.15) is 13.3 Å². The third kappa shape index (κ3) is 2.69. The second-order valence-electron chi connectivity index (χ2n) is 4.77. The van der Waals surface area contributed by atoms with Gasteiger partial charge in [0.05, 0.1) is 12.2 Å². The number of rotatable bonds is 4. The fourth-order valence-corrected chi connectivity index (χ4v) is 2.31. The maximum absolute atomic E-state index is 6.05. The molecule has 0 unspecified atom stereocenters. The Morgan fingerprint density at radius 2 is 2.18 bits per heavy atom. The average Bonchev–Trinajstić information content (AvgIpc) is 2.93. The van der Waals surface area contributed by atoms with E-state index in [2.05, 4.69) is 15.1 Å². The summed E-state index contributed by atoms with van der Waals surface area (Å²) < 4.78 is 9.50. The quantitative estimate of drug-likeness (QED) is 0.685. The highest BCUT2D eigenvalue weighted by molar-refractivity contribution is 7.71. The summed E-state index contributed by atoms with van der Waals surface area (Å²) in [6, 6.07) is 5.38. The van der Waals surface area contributed by atoms with Crippen molar-refractivity contribution in [3.63, 3.8) is 0 Å². The normalized spacial score (nSPS) is 11.0. The number of aromatic nitrogens is 5. The van der Waals surface area contributed by atoms with E-state index in [1.54, 1.807) is 23.0 Å². The van der Waals surface area contributed by atoms with Crippen LogP contribution >= 0.6 is 23.8 Å². The minimum Gasteiger partial charge on any atom is -0.493 e. The maximum atomic E-state index is 6.05. The molecule has 0 saturated carbocycles. The largest absolute Gasteiger partial charge is 0.493 e. The standard InChI is InChI=1S/C14H14ClN5OS/c1-3-6-21-11-7-9(15)4-5-10(11)12-17-13-16-8-19(2)14(22)20(13)18-12/h4-5,7-8H,3,6H2,1-2H3.